The lowest BCUT2D eigenvalue weighted by Crippen LogP contribution is -1.92. The van der Waals surface area contributed by atoms with Crippen molar-refractivity contribution in [1.29, 1.82) is 0 Å². The van der Waals surface area contributed by atoms with Crippen LogP contribution in [0.1, 0.15) is 5.69 Å². The molecule has 2 heterocycles. The van der Waals surface area contributed by atoms with E-state index in [1.54, 1.807) is 7.11 Å². The topological polar surface area (TPSA) is 60.0 Å². The smallest absolute Gasteiger partial charge is 0.230 e. The van der Waals surface area contributed by atoms with Crippen LogP contribution in [-0.4, -0.2) is 22.1 Å². The molecule has 2 aromatic carbocycles. The number of ether oxygens (including phenoxy) is 2. The number of nitrogens with one attached hydrogen (secondary N) is 1. The van der Waals surface area contributed by atoms with Gasteiger partial charge in [0.1, 0.15) is 17.8 Å². The molecule has 5 nitrogen and oxygen atoms in total. The molecule has 0 amide bonds. The minimum Gasteiger partial charge on any atom is -0.497 e. The molecule has 0 saturated heterocycles. The van der Waals surface area contributed by atoms with Crippen LogP contribution in [-0.2, 0) is 0 Å². The van der Waals surface area contributed by atoms with E-state index in [4.69, 9.17) is 9.47 Å². The van der Waals surface area contributed by atoms with Gasteiger partial charge in [-0.15, -0.1) is 0 Å². The predicted octanol–water partition coefficient (Wildman–Crippen LogP) is 4.22. The summed E-state index contributed by atoms with van der Waals surface area (Å²) in [5, 5.41) is 1.92. The fourth-order valence-electron chi connectivity index (χ4n) is 2.65. The number of aromatic amines is 1. The largest absolute Gasteiger partial charge is 0.497 e. The van der Waals surface area contributed by atoms with Gasteiger partial charge in [0, 0.05) is 16.6 Å². The Morgan fingerprint density at radius 2 is 1.83 bits per heavy atom. The van der Waals surface area contributed by atoms with E-state index in [0.29, 0.717) is 5.88 Å². The zero-order valence-electron chi connectivity index (χ0n) is 12.8. The number of benzene rings is 2. The molecule has 0 unspecified atom stereocenters. The van der Waals surface area contributed by atoms with E-state index >= 15 is 0 Å². The van der Waals surface area contributed by atoms with Gasteiger partial charge in [-0.2, -0.15) is 0 Å². The molecule has 0 radical (unpaired) electrons. The lowest BCUT2D eigenvalue weighted by Gasteiger charge is -2.08. The third kappa shape index (κ3) is 2.46. The molecule has 0 bridgehead atoms. The van der Waals surface area contributed by atoms with Crippen molar-refractivity contribution in [3.8, 4) is 17.4 Å². The van der Waals surface area contributed by atoms with Crippen LogP contribution in [0, 0.1) is 6.92 Å². The Kier molecular flexibility index (Phi) is 3.12. The molecule has 0 spiro atoms. The minimum absolute atomic E-state index is 0.514. The average Bonchev–Trinajstić information content (AvgIpc) is 2.94. The van der Waals surface area contributed by atoms with Crippen molar-refractivity contribution < 1.29 is 9.47 Å². The highest BCUT2D eigenvalue weighted by molar-refractivity contribution is 5.85. The van der Waals surface area contributed by atoms with E-state index in [0.717, 1.165) is 39.0 Å². The van der Waals surface area contributed by atoms with Gasteiger partial charge < -0.3 is 14.5 Å². The maximum atomic E-state index is 5.99. The molecule has 5 heteroatoms. The van der Waals surface area contributed by atoms with Crippen LogP contribution in [0.4, 0.5) is 0 Å². The van der Waals surface area contributed by atoms with Crippen molar-refractivity contribution in [2.24, 2.45) is 0 Å². The number of H-pyrrole nitrogens is 1. The zero-order chi connectivity index (χ0) is 15.8. The Morgan fingerprint density at radius 3 is 2.70 bits per heavy atom. The van der Waals surface area contributed by atoms with Crippen LogP contribution in [0.15, 0.2) is 48.8 Å². The van der Waals surface area contributed by atoms with E-state index in [9.17, 15) is 0 Å². The SMILES string of the molecule is COc1ccc2ncnc(Oc3ccc4[nH]c(C)cc4c3)c2c1. The van der Waals surface area contributed by atoms with Gasteiger partial charge in [0.2, 0.25) is 5.88 Å². The van der Waals surface area contributed by atoms with E-state index in [2.05, 4.69) is 21.0 Å². The Bertz CT molecular complexity index is 1010. The molecular weight excluding hydrogens is 290 g/mol. The van der Waals surface area contributed by atoms with Gasteiger partial charge in [0.15, 0.2) is 0 Å². The van der Waals surface area contributed by atoms with E-state index in [1.807, 2.05) is 43.3 Å². The summed E-state index contributed by atoms with van der Waals surface area (Å²) in [4.78, 5) is 11.8. The second kappa shape index (κ2) is 5.28. The summed E-state index contributed by atoms with van der Waals surface area (Å²) in [6.07, 6.45) is 1.50. The number of nitrogens with zero attached hydrogens (tertiary/aromatic N) is 2. The van der Waals surface area contributed by atoms with Gasteiger partial charge in [0.25, 0.3) is 0 Å². The molecule has 0 saturated carbocycles. The van der Waals surface area contributed by atoms with E-state index in [1.165, 1.54) is 6.33 Å². The van der Waals surface area contributed by atoms with Gasteiger partial charge in [-0.25, -0.2) is 9.97 Å². The van der Waals surface area contributed by atoms with Crippen LogP contribution in [0.25, 0.3) is 21.8 Å². The summed E-state index contributed by atoms with van der Waals surface area (Å²) in [5.41, 5.74) is 3.02. The van der Waals surface area contributed by atoms with Gasteiger partial charge in [-0.3, -0.25) is 0 Å². The molecule has 1 N–H and O–H groups in total. The first-order chi connectivity index (χ1) is 11.2. The quantitative estimate of drug-likeness (QED) is 0.615. The second-order valence-electron chi connectivity index (χ2n) is 5.37. The van der Waals surface area contributed by atoms with Crippen molar-refractivity contribution in [2.45, 2.75) is 6.92 Å². The Hall–Kier alpha value is -3.08. The molecule has 4 rings (SSSR count). The number of hydrogen-bond acceptors (Lipinski definition) is 4. The second-order valence-corrected chi connectivity index (χ2v) is 5.37. The van der Waals surface area contributed by atoms with Crippen LogP contribution in [0.5, 0.6) is 17.4 Å². The molecule has 0 atom stereocenters. The van der Waals surface area contributed by atoms with Crippen LogP contribution >= 0.6 is 0 Å². The first-order valence-corrected chi connectivity index (χ1v) is 7.29. The first-order valence-electron chi connectivity index (χ1n) is 7.29. The number of fused-ring (bicyclic) bond motifs is 2. The van der Waals surface area contributed by atoms with E-state index in [-0.39, 0.29) is 0 Å². The summed E-state index contributed by atoms with van der Waals surface area (Å²) in [7, 11) is 1.63. The third-order valence-corrected chi connectivity index (χ3v) is 3.75. The monoisotopic (exact) mass is 305 g/mol. The average molecular weight is 305 g/mol. The van der Waals surface area contributed by atoms with Crippen LogP contribution in [0.2, 0.25) is 0 Å². The van der Waals surface area contributed by atoms with Crippen molar-refractivity contribution in [2.75, 3.05) is 7.11 Å². The number of methoxy groups -OCH3 is 1. The third-order valence-electron chi connectivity index (χ3n) is 3.75. The Labute approximate surface area is 132 Å². The van der Waals surface area contributed by atoms with Gasteiger partial charge in [-0.1, -0.05) is 0 Å². The standard InChI is InChI=1S/C18H15N3O2/c1-11-7-12-8-14(4-5-16(12)21-11)23-18-15-9-13(22-2)3-6-17(15)19-10-20-18/h3-10,21H,1-2H3. The molecule has 2 aromatic heterocycles. The molecule has 0 fully saturated rings. The first kappa shape index (κ1) is 13.6. The fourth-order valence-corrected chi connectivity index (χ4v) is 2.65. The molecule has 0 aliphatic heterocycles. The summed E-state index contributed by atoms with van der Waals surface area (Å²) < 4.78 is 11.3. The van der Waals surface area contributed by atoms with Gasteiger partial charge >= 0.3 is 0 Å². The van der Waals surface area contributed by atoms with Crippen LogP contribution < -0.4 is 9.47 Å². The highest BCUT2D eigenvalue weighted by Crippen LogP contribution is 2.30. The summed E-state index contributed by atoms with van der Waals surface area (Å²) in [6, 6.07) is 13.6. The number of aryl methyl sites for hydroxylation is 1. The molecule has 114 valence electrons. The zero-order valence-corrected chi connectivity index (χ0v) is 12.8. The molecule has 0 aliphatic rings. The number of rotatable bonds is 3. The lowest BCUT2D eigenvalue weighted by molar-refractivity contribution is 0.415. The maximum absolute atomic E-state index is 5.99. The highest BCUT2D eigenvalue weighted by atomic mass is 16.5. The maximum Gasteiger partial charge on any atom is 0.230 e. The molecular formula is C18H15N3O2. The fraction of sp³-hybridized carbons (Fsp3) is 0.111. The van der Waals surface area contributed by atoms with Crippen molar-refractivity contribution in [3.05, 3.63) is 54.5 Å². The minimum atomic E-state index is 0.514. The van der Waals surface area contributed by atoms with Crippen molar-refractivity contribution in [1.82, 2.24) is 15.0 Å². The highest BCUT2D eigenvalue weighted by Gasteiger charge is 2.08. The van der Waals surface area contributed by atoms with E-state index < -0.39 is 0 Å². The lowest BCUT2D eigenvalue weighted by atomic mass is 10.2. The predicted molar refractivity (Wildman–Crippen MR) is 89.2 cm³/mol. The van der Waals surface area contributed by atoms with Crippen molar-refractivity contribution >= 4 is 21.8 Å². The van der Waals surface area contributed by atoms with Gasteiger partial charge in [-0.05, 0) is 49.4 Å². The molecule has 0 aliphatic carbocycles. The normalized spacial score (nSPS) is 11.0. The van der Waals surface area contributed by atoms with Gasteiger partial charge in [0.05, 0.1) is 18.0 Å². The van der Waals surface area contributed by atoms with Crippen molar-refractivity contribution in [3.63, 3.8) is 0 Å². The number of hydrogen-bond donors (Lipinski definition) is 1. The molecule has 4 aromatic rings. The Morgan fingerprint density at radius 1 is 0.957 bits per heavy atom. The number of aromatic nitrogens is 3. The summed E-state index contributed by atoms with van der Waals surface area (Å²) >= 11 is 0. The molecule has 23 heavy (non-hydrogen) atoms. The summed E-state index contributed by atoms with van der Waals surface area (Å²) in [6.45, 7) is 2.03. The Balaban J connectivity index is 1.78. The summed E-state index contributed by atoms with van der Waals surface area (Å²) in [5.74, 6) is 1.99. The van der Waals surface area contributed by atoms with Crippen LogP contribution in [0.3, 0.4) is 0 Å².